The van der Waals surface area contributed by atoms with E-state index in [2.05, 4.69) is 16.5 Å². The minimum atomic E-state index is -0.152. The molecule has 0 bridgehead atoms. The number of nitrogens with one attached hydrogen (secondary N) is 1. The van der Waals surface area contributed by atoms with Gasteiger partial charge in [0.15, 0.2) is 0 Å². The van der Waals surface area contributed by atoms with Gasteiger partial charge < -0.3 is 10.3 Å². The van der Waals surface area contributed by atoms with E-state index in [-0.39, 0.29) is 5.91 Å². The number of carbonyl (C=O) groups excluding carboxylic acids is 1. The molecule has 0 aliphatic rings. The highest BCUT2D eigenvalue weighted by Gasteiger charge is 2.18. The molecular formula is C16H20N4O. The molecule has 1 amide bonds. The van der Waals surface area contributed by atoms with Crippen LogP contribution in [-0.4, -0.2) is 17.9 Å². The van der Waals surface area contributed by atoms with Gasteiger partial charge in [-0.1, -0.05) is 6.07 Å². The molecular weight excluding hydrogens is 264 g/mol. The van der Waals surface area contributed by atoms with Crippen molar-refractivity contribution in [3.63, 3.8) is 0 Å². The lowest BCUT2D eigenvalue weighted by Gasteiger charge is -2.20. The van der Waals surface area contributed by atoms with Gasteiger partial charge in [-0.05, 0) is 50.1 Å². The average Bonchev–Trinajstić information content (AvgIpc) is 2.44. The molecule has 0 atom stereocenters. The average molecular weight is 284 g/mol. The Balaban J connectivity index is 2.39. The summed E-state index contributed by atoms with van der Waals surface area (Å²) in [7, 11) is 1.75. The fourth-order valence-corrected chi connectivity index (χ4v) is 2.29. The number of rotatable bonds is 3. The Morgan fingerprint density at radius 3 is 2.33 bits per heavy atom. The van der Waals surface area contributed by atoms with Gasteiger partial charge in [0, 0.05) is 24.6 Å². The highest BCUT2D eigenvalue weighted by atomic mass is 16.2. The molecule has 0 unspecified atom stereocenters. The zero-order valence-electron chi connectivity index (χ0n) is 12.8. The number of hydrazine groups is 1. The molecule has 2 rings (SSSR count). The van der Waals surface area contributed by atoms with Crippen molar-refractivity contribution < 1.29 is 4.79 Å². The third-order valence-corrected chi connectivity index (χ3v) is 3.32. The summed E-state index contributed by atoms with van der Waals surface area (Å²) < 4.78 is 0. The second-order valence-electron chi connectivity index (χ2n) is 5.23. The maximum atomic E-state index is 12.6. The van der Waals surface area contributed by atoms with Crippen LogP contribution in [0.4, 0.5) is 11.4 Å². The van der Waals surface area contributed by atoms with Crippen molar-refractivity contribution in [3.8, 4) is 0 Å². The minimum absolute atomic E-state index is 0.152. The molecule has 110 valence electrons. The molecule has 0 fully saturated rings. The van der Waals surface area contributed by atoms with E-state index >= 15 is 0 Å². The van der Waals surface area contributed by atoms with E-state index < -0.39 is 0 Å². The van der Waals surface area contributed by atoms with Crippen LogP contribution < -0.4 is 16.2 Å². The van der Waals surface area contributed by atoms with Crippen molar-refractivity contribution in [2.45, 2.75) is 20.8 Å². The van der Waals surface area contributed by atoms with Crippen LogP contribution in [0.1, 0.15) is 27.2 Å². The third-order valence-electron chi connectivity index (χ3n) is 3.32. The van der Waals surface area contributed by atoms with Crippen LogP contribution in [0.15, 0.2) is 30.5 Å². The van der Waals surface area contributed by atoms with Crippen molar-refractivity contribution in [2.24, 2.45) is 5.84 Å². The highest BCUT2D eigenvalue weighted by molar-refractivity contribution is 6.09. The predicted octanol–water partition coefficient (Wildman–Crippen LogP) is 2.57. The Morgan fingerprint density at radius 1 is 1.14 bits per heavy atom. The lowest BCUT2D eigenvalue weighted by molar-refractivity contribution is 0.0993. The van der Waals surface area contributed by atoms with Crippen LogP contribution in [0.5, 0.6) is 0 Å². The predicted molar refractivity (Wildman–Crippen MR) is 85.4 cm³/mol. The van der Waals surface area contributed by atoms with Crippen LogP contribution in [0.2, 0.25) is 0 Å². The monoisotopic (exact) mass is 284 g/mol. The molecule has 1 heterocycles. The lowest BCUT2D eigenvalue weighted by Crippen LogP contribution is -2.28. The molecule has 0 spiro atoms. The van der Waals surface area contributed by atoms with Crippen LogP contribution in [0, 0.1) is 20.8 Å². The summed E-state index contributed by atoms with van der Waals surface area (Å²) in [6.07, 6.45) is 1.55. The summed E-state index contributed by atoms with van der Waals surface area (Å²) in [5.74, 6) is 5.34. The highest BCUT2D eigenvalue weighted by Crippen LogP contribution is 2.22. The number of amides is 1. The summed E-state index contributed by atoms with van der Waals surface area (Å²) in [6, 6.07) is 7.77. The van der Waals surface area contributed by atoms with Crippen LogP contribution in [0.3, 0.4) is 0 Å². The fraction of sp³-hybridized carbons (Fsp3) is 0.250. The normalized spacial score (nSPS) is 10.3. The maximum Gasteiger partial charge on any atom is 0.261 e. The number of carbonyl (C=O) groups is 1. The number of benzene rings is 1. The van der Waals surface area contributed by atoms with Crippen LogP contribution in [0.25, 0.3) is 0 Å². The SMILES string of the molecule is Cc1cc(C)cc(N(C)C(=O)c2cnc(C)cc2NN)c1. The van der Waals surface area contributed by atoms with E-state index in [1.54, 1.807) is 24.2 Å². The fourth-order valence-electron chi connectivity index (χ4n) is 2.29. The van der Waals surface area contributed by atoms with Gasteiger partial charge in [0.05, 0.1) is 11.3 Å². The van der Waals surface area contributed by atoms with Gasteiger partial charge in [0.2, 0.25) is 0 Å². The van der Waals surface area contributed by atoms with E-state index in [9.17, 15) is 4.79 Å². The van der Waals surface area contributed by atoms with Crippen LogP contribution in [-0.2, 0) is 0 Å². The number of anilines is 2. The van der Waals surface area contributed by atoms with Gasteiger partial charge in [-0.2, -0.15) is 0 Å². The maximum absolute atomic E-state index is 12.6. The van der Waals surface area contributed by atoms with E-state index in [0.717, 1.165) is 22.5 Å². The first kappa shape index (κ1) is 15.0. The number of pyridine rings is 1. The van der Waals surface area contributed by atoms with Gasteiger partial charge in [-0.15, -0.1) is 0 Å². The van der Waals surface area contributed by atoms with Crippen molar-refractivity contribution >= 4 is 17.3 Å². The number of aryl methyl sites for hydroxylation is 3. The molecule has 1 aromatic carbocycles. The second-order valence-corrected chi connectivity index (χ2v) is 5.23. The van der Waals surface area contributed by atoms with Gasteiger partial charge in [-0.3, -0.25) is 15.6 Å². The first-order valence-corrected chi connectivity index (χ1v) is 6.72. The molecule has 5 heteroatoms. The van der Waals surface area contributed by atoms with Crippen molar-refractivity contribution in [2.75, 3.05) is 17.4 Å². The molecule has 0 saturated carbocycles. The molecule has 5 nitrogen and oxygen atoms in total. The second kappa shape index (κ2) is 5.93. The molecule has 0 saturated heterocycles. The Labute approximate surface area is 124 Å². The van der Waals surface area contributed by atoms with Gasteiger partial charge >= 0.3 is 0 Å². The zero-order chi connectivity index (χ0) is 15.6. The zero-order valence-corrected chi connectivity index (χ0v) is 12.8. The number of nitrogen functional groups attached to an aromatic ring is 1. The molecule has 0 aliphatic heterocycles. The summed E-state index contributed by atoms with van der Waals surface area (Å²) in [5.41, 5.74) is 7.46. The smallest absolute Gasteiger partial charge is 0.261 e. The topological polar surface area (TPSA) is 71.2 Å². The van der Waals surface area contributed by atoms with Crippen molar-refractivity contribution in [1.82, 2.24) is 4.98 Å². The molecule has 1 aromatic heterocycles. The Kier molecular flexibility index (Phi) is 4.23. The molecule has 3 N–H and O–H groups in total. The Hall–Kier alpha value is -2.40. The minimum Gasteiger partial charge on any atom is -0.323 e. The quantitative estimate of drug-likeness (QED) is 0.671. The summed E-state index contributed by atoms with van der Waals surface area (Å²) >= 11 is 0. The lowest BCUT2D eigenvalue weighted by atomic mass is 10.1. The largest absolute Gasteiger partial charge is 0.323 e. The number of hydrogen-bond donors (Lipinski definition) is 2. The summed E-state index contributed by atoms with van der Waals surface area (Å²) in [6.45, 7) is 5.87. The Morgan fingerprint density at radius 2 is 1.76 bits per heavy atom. The van der Waals surface area contributed by atoms with E-state index in [0.29, 0.717) is 11.3 Å². The standard InChI is InChI=1S/C16H20N4O/c1-10-5-11(2)7-13(6-10)20(4)16(21)14-9-18-12(3)8-15(14)19-17/h5-9H,17H2,1-4H3,(H,18,19). The molecule has 2 aromatic rings. The number of nitrogens with zero attached hydrogens (tertiary/aromatic N) is 2. The van der Waals surface area contributed by atoms with E-state index in [1.165, 1.54) is 0 Å². The summed E-state index contributed by atoms with van der Waals surface area (Å²) in [4.78, 5) is 18.4. The first-order valence-electron chi connectivity index (χ1n) is 6.72. The van der Waals surface area contributed by atoms with E-state index in [4.69, 9.17) is 5.84 Å². The van der Waals surface area contributed by atoms with Gasteiger partial charge in [0.25, 0.3) is 5.91 Å². The number of hydrogen-bond acceptors (Lipinski definition) is 4. The number of nitrogens with two attached hydrogens (primary N) is 1. The molecule has 21 heavy (non-hydrogen) atoms. The van der Waals surface area contributed by atoms with Crippen molar-refractivity contribution in [1.29, 1.82) is 0 Å². The van der Waals surface area contributed by atoms with Crippen molar-refractivity contribution in [3.05, 3.63) is 52.8 Å². The van der Waals surface area contributed by atoms with Gasteiger partial charge in [-0.25, -0.2) is 0 Å². The first-order chi connectivity index (χ1) is 9.92. The van der Waals surface area contributed by atoms with Gasteiger partial charge in [0.1, 0.15) is 0 Å². The van der Waals surface area contributed by atoms with Crippen LogP contribution >= 0.6 is 0 Å². The number of aromatic nitrogens is 1. The van der Waals surface area contributed by atoms with E-state index in [1.807, 2.05) is 32.9 Å². The molecule has 0 aliphatic carbocycles. The Bertz CT molecular complexity index is 662. The molecule has 0 radical (unpaired) electrons. The summed E-state index contributed by atoms with van der Waals surface area (Å²) in [5, 5.41) is 0. The third kappa shape index (κ3) is 3.20.